The number of carbonyl (C=O) groups is 1. The van der Waals surface area contributed by atoms with Crippen molar-refractivity contribution >= 4 is 27.3 Å². The third-order valence-electron chi connectivity index (χ3n) is 4.51. The van der Waals surface area contributed by atoms with Gasteiger partial charge in [0.2, 0.25) is 5.91 Å². The van der Waals surface area contributed by atoms with Gasteiger partial charge >= 0.3 is 0 Å². The number of hydrogen-bond acceptors (Lipinski definition) is 3. The fourth-order valence-electron chi connectivity index (χ4n) is 3.20. The van der Waals surface area contributed by atoms with Gasteiger partial charge in [0.1, 0.15) is 0 Å². The van der Waals surface area contributed by atoms with Crippen LogP contribution < -0.4 is 9.62 Å². The summed E-state index contributed by atoms with van der Waals surface area (Å²) in [5.74, 6) is 0.0273. The van der Waals surface area contributed by atoms with Crippen molar-refractivity contribution in [3.63, 3.8) is 0 Å². The molecule has 1 amide bonds. The quantitative estimate of drug-likeness (QED) is 0.889. The van der Waals surface area contributed by atoms with E-state index in [-0.39, 0.29) is 16.7 Å². The van der Waals surface area contributed by atoms with Gasteiger partial charge in [-0.2, -0.15) is 0 Å². The van der Waals surface area contributed by atoms with Crippen molar-refractivity contribution < 1.29 is 13.2 Å². The molecule has 0 unspecified atom stereocenters. The summed E-state index contributed by atoms with van der Waals surface area (Å²) in [4.78, 5) is 14.5. The van der Waals surface area contributed by atoms with Crippen LogP contribution in [0.15, 0.2) is 47.4 Å². The molecule has 0 saturated heterocycles. The van der Waals surface area contributed by atoms with Crippen LogP contribution in [0.25, 0.3) is 0 Å². The van der Waals surface area contributed by atoms with Crippen LogP contribution in [-0.2, 0) is 21.2 Å². The van der Waals surface area contributed by atoms with E-state index in [2.05, 4.69) is 4.72 Å². The Balaban J connectivity index is 1.88. The molecule has 1 heterocycles. The van der Waals surface area contributed by atoms with E-state index in [0.717, 1.165) is 29.7 Å². The molecule has 2 aromatic rings. The van der Waals surface area contributed by atoms with Gasteiger partial charge in [-0.05, 0) is 61.2 Å². The Bertz CT molecular complexity index is 936. The Kier molecular flexibility index (Phi) is 5.05. The van der Waals surface area contributed by atoms with Crippen molar-refractivity contribution in [3.05, 3.63) is 53.6 Å². The highest BCUT2D eigenvalue weighted by molar-refractivity contribution is 7.92. The minimum absolute atomic E-state index is 0.0690. The highest BCUT2D eigenvalue weighted by Gasteiger charge is 2.25. The Morgan fingerprint density at radius 1 is 1.15 bits per heavy atom. The van der Waals surface area contributed by atoms with Crippen LogP contribution in [0.3, 0.4) is 0 Å². The zero-order valence-corrected chi connectivity index (χ0v) is 16.1. The van der Waals surface area contributed by atoms with Gasteiger partial charge in [0.05, 0.1) is 4.90 Å². The average Bonchev–Trinajstić information content (AvgIpc) is 2.60. The lowest BCUT2D eigenvalue weighted by atomic mass is 9.99. The number of aryl methyl sites for hydroxylation is 2. The summed E-state index contributed by atoms with van der Waals surface area (Å²) in [6.45, 7) is 6.35. The maximum absolute atomic E-state index is 12.6. The standard InChI is InChI=1S/C20H24N2O3S/c1-14(2)20(23)22-11-5-7-16-13-17(9-10-19(16)22)21-26(24,25)18-8-4-6-15(3)12-18/h4,6,8-10,12-14,21H,5,7,11H2,1-3H3. The number of anilines is 2. The largest absolute Gasteiger partial charge is 0.312 e. The molecule has 1 aliphatic rings. The summed E-state index contributed by atoms with van der Waals surface area (Å²) in [5.41, 5.74) is 3.29. The van der Waals surface area contributed by atoms with E-state index in [9.17, 15) is 13.2 Å². The number of rotatable bonds is 4. The molecule has 0 spiro atoms. The van der Waals surface area contributed by atoms with Crippen LogP contribution in [0.1, 0.15) is 31.4 Å². The number of sulfonamides is 1. The summed E-state index contributed by atoms with van der Waals surface area (Å²) >= 11 is 0. The first-order chi connectivity index (χ1) is 12.3. The smallest absolute Gasteiger partial charge is 0.261 e. The Morgan fingerprint density at radius 3 is 2.62 bits per heavy atom. The molecule has 0 aromatic heterocycles. The van der Waals surface area contributed by atoms with Gasteiger partial charge in [0.15, 0.2) is 0 Å². The highest BCUT2D eigenvalue weighted by atomic mass is 32.2. The lowest BCUT2D eigenvalue weighted by molar-refractivity contribution is -0.121. The normalized spacial score (nSPS) is 14.2. The second-order valence-corrected chi connectivity index (χ2v) is 8.70. The van der Waals surface area contributed by atoms with Crippen LogP contribution in [-0.4, -0.2) is 20.9 Å². The first-order valence-corrected chi connectivity index (χ1v) is 10.3. The Hall–Kier alpha value is -2.34. The van der Waals surface area contributed by atoms with Crippen LogP contribution in [0.2, 0.25) is 0 Å². The second-order valence-electron chi connectivity index (χ2n) is 7.01. The molecular weight excluding hydrogens is 348 g/mol. The van der Waals surface area contributed by atoms with E-state index in [1.807, 2.05) is 43.9 Å². The molecule has 2 aromatic carbocycles. The number of nitrogens with zero attached hydrogens (tertiary/aromatic N) is 1. The van der Waals surface area contributed by atoms with E-state index >= 15 is 0 Å². The van der Waals surface area contributed by atoms with Gasteiger partial charge in [-0.3, -0.25) is 9.52 Å². The van der Waals surface area contributed by atoms with Crippen molar-refractivity contribution in [2.75, 3.05) is 16.2 Å². The Labute approximate surface area is 155 Å². The van der Waals surface area contributed by atoms with Crippen molar-refractivity contribution in [2.24, 2.45) is 5.92 Å². The van der Waals surface area contributed by atoms with Crippen LogP contribution >= 0.6 is 0 Å². The fraction of sp³-hybridized carbons (Fsp3) is 0.350. The van der Waals surface area contributed by atoms with Crippen LogP contribution in [0.5, 0.6) is 0 Å². The zero-order valence-electron chi connectivity index (χ0n) is 15.3. The van der Waals surface area contributed by atoms with Crippen LogP contribution in [0.4, 0.5) is 11.4 Å². The third-order valence-corrected chi connectivity index (χ3v) is 5.89. The number of fused-ring (bicyclic) bond motifs is 1. The molecule has 0 saturated carbocycles. The molecule has 26 heavy (non-hydrogen) atoms. The molecule has 3 rings (SSSR count). The first-order valence-electron chi connectivity index (χ1n) is 8.82. The average molecular weight is 372 g/mol. The van der Waals surface area contributed by atoms with Gasteiger partial charge < -0.3 is 4.90 Å². The van der Waals surface area contributed by atoms with Crippen molar-refractivity contribution in [1.82, 2.24) is 0 Å². The first kappa shape index (κ1) is 18.5. The lowest BCUT2D eigenvalue weighted by Crippen LogP contribution is -2.38. The molecule has 0 aliphatic carbocycles. The summed E-state index contributed by atoms with van der Waals surface area (Å²) in [7, 11) is -3.64. The van der Waals surface area contributed by atoms with E-state index in [0.29, 0.717) is 12.2 Å². The molecule has 5 nitrogen and oxygen atoms in total. The molecule has 0 atom stereocenters. The predicted octanol–water partition coefficient (Wildman–Crippen LogP) is 3.73. The third kappa shape index (κ3) is 3.75. The van der Waals surface area contributed by atoms with E-state index in [1.165, 1.54) is 0 Å². The predicted molar refractivity (Wildman–Crippen MR) is 104 cm³/mol. The maximum atomic E-state index is 12.6. The summed E-state index contributed by atoms with van der Waals surface area (Å²) in [5, 5.41) is 0. The second kappa shape index (κ2) is 7.11. The van der Waals surface area contributed by atoms with E-state index < -0.39 is 10.0 Å². The van der Waals surface area contributed by atoms with Crippen molar-refractivity contribution in [3.8, 4) is 0 Å². The van der Waals surface area contributed by atoms with Crippen molar-refractivity contribution in [2.45, 2.75) is 38.5 Å². The number of carbonyl (C=O) groups excluding carboxylic acids is 1. The molecule has 0 bridgehead atoms. The highest BCUT2D eigenvalue weighted by Crippen LogP contribution is 2.31. The summed E-state index contributed by atoms with van der Waals surface area (Å²) in [6, 6.07) is 12.2. The SMILES string of the molecule is Cc1cccc(S(=O)(=O)Nc2ccc3c(c2)CCCN3C(=O)C(C)C)c1. The van der Waals surface area contributed by atoms with E-state index in [4.69, 9.17) is 0 Å². The topological polar surface area (TPSA) is 66.5 Å². The van der Waals surface area contributed by atoms with Gasteiger partial charge in [-0.25, -0.2) is 8.42 Å². The van der Waals surface area contributed by atoms with Gasteiger partial charge in [-0.15, -0.1) is 0 Å². The molecule has 0 radical (unpaired) electrons. The number of nitrogens with one attached hydrogen (secondary N) is 1. The molecule has 0 fully saturated rings. The monoisotopic (exact) mass is 372 g/mol. The zero-order chi connectivity index (χ0) is 18.9. The van der Waals surface area contributed by atoms with Gasteiger partial charge in [0, 0.05) is 23.8 Å². The number of amides is 1. The minimum atomic E-state index is -3.64. The lowest BCUT2D eigenvalue weighted by Gasteiger charge is -2.31. The molecule has 1 aliphatic heterocycles. The molecule has 138 valence electrons. The van der Waals surface area contributed by atoms with Gasteiger partial charge in [0.25, 0.3) is 10.0 Å². The van der Waals surface area contributed by atoms with E-state index in [1.54, 1.807) is 24.3 Å². The number of benzene rings is 2. The fourth-order valence-corrected chi connectivity index (χ4v) is 4.35. The number of hydrogen-bond donors (Lipinski definition) is 1. The van der Waals surface area contributed by atoms with Gasteiger partial charge in [-0.1, -0.05) is 26.0 Å². The van der Waals surface area contributed by atoms with Crippen molar-refractivity contribution in [1.29, 1.82) is 0 Å². The summed E-state index contributed by atoms with van der Waals surface area (Å²) in [6.07, 6.45) is 1.71. The van der Waals surface area contributed by atoms with Crippen LogP contribution in [0, 0.1) is 12.8 Å². The molecule has 1 N–H and O–H groups in total. The molecular formula is C20H24N2O3S. The summed E-state index contributed by atoms with van der Waals surface area (Å²) < 4.78 is 27.9. The maximum Gasteiger partial charge on any atom is 0.261 e. The minimum Gasteiger partial charge on any atom is -0.312 e. The Morgan fingerprint density at radius 2 is 1.92 bits per heavy atom. The molecule has 6 heteroatoms.